The van der Waals surface area contributed by atoms with Crippen molar-refractivity contribution in [3.05, 3.63) is 12.3 Å². The average molecular weight is 264 g/mol. The number of hydrogen-bond donors (Lipinski definition) is 1. The minimum Gasteiger partial charge on any atom is -0.478 e. The zero-order valence-corrected chi connectivity index (χ0v) is 11.9. The highest BCUT2D eigenvalue weighted by Gasteiger charge is 2.17. The molecule has 106 valence electrons. The van der Waals surface area contributed by atoms with Crippen molar-refractivity contribution < 1.29 is 4.74 Å². The summed E-state index contributed by atoms with van der Waals surface area (Å²) in [6.45, 7) is 7.74. The summed E-state index contributed by atoms with van der Waals surface area (Å²) in [5.74, 6) is 1.42. The van der Waals surface area contributed by atoms with Crippen molar-refractivity contribution in [3.8, 4) is 5.88 Å². The van der Waals surface area contributed by atoms with Crippen LogP contribution >= 0.6 is 0 Å². The van der Waals surface area contributed by atoms with Crippen molar-refractivity contribution in [2.45, 2.75) is 39.2 Å². The van der Waals surface area contributed by atoms with E-state index in [1.807, 2.05) is 6.92 Å². The maximum Gasteiger partial charge on any atom is 0.228 e. The van der Waals surface area contributed by atoms with Gasteiger partial charge in [0.15, 0.2) is 0 Å². The van der Waals surface area contributed by atoms with Crippen LogP contribution in [0.4, 0.5) is 5.95 Å². The zero-order chi connectivity index (χ0) is 13.5. The summed E-state index contributed by atoms with van der Waals surface area (Å²) in [7, 11) is 0. The van der Waals surface area contributed by atoms with Gasteiger partial charge in [0.05, 0.1) is 6.61 Å². The van der Waals surface area contributed by atoms with E-state index in [2.05, 4.69) is 27.1 Å². The van der Waals surface area contributed by atoms with Gasteiger partial charge in [-0.15, -0.1) is 0 Å². The van der Waals surface area contributed by atoms with Crippen LogP contribution in [0.3, 0.4) is 0 Å². The smallest absolute Gasteiger partial charge is 0.228 e. The Morgan fingerprint density at radius 2 is 2.32 bits per heavy atom. The fourth-order valence-corrected chi connectivity index (χ4v) is 2.41. The van der Waals surface area contributed by atoms with Crippen molar-refractivity contribution in [1.29, 1.82) is 0 Å². The number of anilines is 1. The first-order valence-electron chi connectivity index (χ1n) is 7.27. The van der Waals surface area contributed by atoms with Crippen LogP contribution in [0.2, 0.25) is 0 Å². The maximum atomic E-state index is 5.44. The SMILES string of the molecule is CCOc1ccnc(N(CC)CC2CCCCN2)n1. The van der Waals surface area contributed by atoms with Crippen LogP contribution < -0.4 is 15.0 Å². The lowest BCUT2D eigenvalue weighted by molar-refractivity contribution is 0.326. The molecule has 2 rings (SSSR count). The first kappa shape index (κ1) is 14.1. The molecule has 0 saturated carbocycles. The molecule has 0 bridgehead atoms. The molecular weight excluding hydrogens is 240 g/mol. The van der Waals surface area contributed by atoms with Gasteiger partial charge in [-0.05, 0) is 33.2 Å². The highest BCUT2D eigenvalue weighted by molar-refractivity contribution is 5.32. The number of aromatic nitrogens is 2. The highest BCUT2D eigenvalue weighted by atomic mass is 16.5. The molecule has 1 aromatic heterocycles. The molecule has 0 aromatic carbocycles. The number of piperidine rings is 1. The van der Waals surface area contributed by atoms with E-state index in [1.54, 1.807) is 12.3 Å². The summed E-state index contributed by atoms with van der Waals surface area (Å²) in [6, 6.07) is 2.35. The number of ether oxygens (including phenoxy) is 1. The maximum absolute atomic E-state index is 5.44. The lowest BCUT2D eigenvalue weighted by Crippen LogP contribution is -2.44. The van der Waals surface area contributed by atoms with Crippen molar-refractivity contribution in [2.24, 2.45) is 0 Å². The monoisotopic (exact) mass is 264 g/mol. The molecule has 0 radical (unpaired) electrons. The standard InChI is InChI=1S/C14H24N4O/c1-3-18(11-12-7-5-6-9-15-12)14-16-10-8-13(17-14)19-4-2/h8,10,12,15H,3-7,9,11H2,1-2H3. The molecule has 1 aliphatic heterocycles. The molecule has 1 unspecified atom stereocenters. The minimum atomic E-state index is 0.549. The summed E-state index contributed by atoms with van der Waals surface area (Å²) in [5.41, 5.74) is 0. The normalized spacial score (nSPS) is 19.2. The predicted octanol–water partition coefficient (Wildman–Crippen LogP) is 1.84. The van der Waals surface area contributed by atoms with Crippen LogP contribution in [0, 0.1) is 0 Å². The van der Waals surface area contributed by atoms with Crippen LogP contribution in [-0.2, 0) is 0 Å². The molecule has 2 heterocycles. The lowest BCUT2D eigenvalue weighted by Gasteiger charge is -2.30. The third kappa shape index (κ3) is 4.06. The Morgan fingerprint density at radius 3 is 3.00 bits per heavy atom. The van der Waals surface area contributed by atoms with E-state index in [4.69, 9.17) is 4.74 Å². The van der Waals surface area contributed by atoms with E-state index < -0.39 is 0 Å². The van der Waals surface area contributed by atoms with Crippen LogP contribution in [0.15, 0.2) is 12.3 Å². The fourth-order valence-electron chi connectivity index (χ4n) is 2.41. The molecule has 1 atom stereocenters. The molecule has 0 aliphatic carbocycles. The van der Waals surface area contributed by atoms with E-state index in [9.17, 15) is 0 Å². The topological polar surface area (TPSA) is 50.3 Å². The average Bonchev–Trinajstić information content (AvgIpc) is 2.46. The van der Waals surface area contributed by atoms with E-state index in [0.717, 1.165) is 25.6 Å². The van der Waals surface area contributed by atoms with E-state index in [0.29, 0.717) is 18.5 Å². The van der Waals surface area contributed by atoms with Crippen LogP contribution in [0.25, 0.3) is 0 Å². The van der Waals surface area contributed by atoms with Gasteiger partial charge in [-0.1, -0.05) is 6.42 Å². The Hall–Kier alpha value is -1.36. The first-order chi connectivity index (χ1) is 9.33. The molecule has 1 saturated heterocycles. The Kier molecular flexibility index (Phi) is 5.39. The Morgan fingerprint density at radius 1 is 1.42 bits per heavy atom. The third-order valence-electron chi connectivity index (χ3n) is 3.43. The van der Waals surface area contributed by atoms with Crippen molar-refractivity contribution in [2.75, 3.05) is 31.1 Å². The number of nitrogens with zero attached hydrogens (tertiary/aromatic N) is 3. The summed E-state index contributed by atoms with van der Waals surface area (Å²) in [4.78, 5) is 11.0. The predicted molar refractivity (Wildman–Crippen MR) is 76.7 cm³/mol. The van der Waals surface area contributed by atoms with Crippen molar-refractivity contribution >= 4 is 5.95 Å². The molecule has 5 nitrogen and oxygen atoms in total. The third-order valence-corrected chi connectivity index (χ3v) is 3.43. The van der Waals surface area contributed by atoms with E-state index in [-0.39, 0.29) is 0 Å². The van der Waals surface area contributed by atoms with Crippen LogP contribution in [-0.4, -0.2) is 42.3 Å². The molecule has 1 N–H and O–H groups in total. The van der Waals surface area contributed by atoms with E-state index in [1.165, 1.54) is 19.3 Å². The largest absolute Gasteiger partial charge is 0.478 e. The van der Waals surface area contributed by atoms with Gasteiger partial charge in [-0.3, -0.25) is 0 Å². The van der Waals surface area contributed by atoms with Gasteiger partial charge in [0.2, 0.25) is 11.8 Å². The molecule has 1 aromatic rings. The number of hydrogen-bond acceptors (Lipinski definition) is 5. The zero-order valence-electron chi connectivity index (χ0n) is 11.9. The Bertz CT molecular complexity index is 379. The van der Waals surface area contributed by atoms with E-state index >= 15 is 0 Å². The van der Waals surface area contributed by atoms with Gasteiger partial charge in [0.25, 0.3) is 0 Å². The number of nitrogens with one attached hydrogen (secondary N) is 1. The summed E-state index contributed by atoms with van der Waals surface area (Å²) in [5, 5.41) is 3.56. The van der Waals surface area contributed by atoms with Crippen LogP contribution in [0.1, 0.15) is 33.1 Å². The number of likely N-dealkylation sites (N-methyl/N-ethyl adjacent to an activating group) is 1. The van der Waals surface area contributed by atoms with Gasteiger partial charge in [0, 0.05) is 31.4 Å². The lowest BCUT2D eigenvalue weighted by atomic mass is 10.0. The second kappa shape index (κ2) is 7.28. The minimum absolute atomic E-state index is 0.549. The van der Waals surface area contributed by atoms with Gasteiger partial charge < -0.3 is 15.0 Å². The molecular formula is C14H24N4O. The Balaban J connectivity index is 2.01. The first-order valence-corrected chi connectivity index (χ1v) is 7.27. The molecule has 1 fully saturated rings. The summed E-state index contributed by atoms with van der Waals surface area (Å²) >= 11 is 0. The summed E-state index contributed by atoms with van der Waals surface area (Å²) in [6.07, 6.45) is 5.61. The second-order valence-corrected chi connectivity index (χ2v) is 4.81. The summed E-state index contributed by atoms with van der Waals surface area (Å²) < 4.78 is 5.44. The van der Waals surface area contributed by atoms with Crippen molar-refractivity contribution in [3.63, 3.8) is 0 Å². The van der Waals surface area contributed by atoms with Gasteiger partial charge in [0.1, 0.15) is 0 Å². The molecule has 5 heteroatoms. The fraction of sp³-hybridized carbons (Fsp3) is 0.714. The molecule has 1 aliphatic rings. The molecule has 0 amide bonds. The van der Waals surface area contributed by atoms with Gasteiger partial charge in [-0.25, -0.2) is 4.98 Å². The highest BCUT2D eigenvalue weighted by Crippen LogP contribution is 2.15. The molecule has 0 spiro atoms. The van der Waals surface area contributed by atoms with Gasteiger partial charge >= 0.3 is 0 Å². The quantitative estimate of drug-likeness (QED) is 0.849. The molecule has 19 heavy (non-hydrogen) atoms. The Labute approximate surface area is 115 Å². The number of rotatable bonds is 6. The van der Waals surface area contributed by atoms with Gasteiger partial charge in [-0.2, -0.15) is 4.98 Å². The van der Waals surface area contributed by atoms with Crippen LogP contribution in [0.5, 0.6) is 5.88 Å². The van der Waals surface area contributed by atoms with Crippen molar-refractivity contribution in [1.82, 2.24) is 15.3 Å². The second-order valence-electron chi connectivity index (χ2n) is 4.81.